The number of carbonyl (C=O) groups excluding carboxylic acids is 1. The Morgan fingerprint density at radius 2 is 2.09 bits per heavy atom. The molecule has 1 amide bonds. The molecule has 0 fully saturated rings. The smallest absolute Gasteiger partial charge is 0.220 e. The molecule has 0 aromatic heterocycles. The van der Waals surface area contributed by atoms with Gasteiger partial charge in [0.2, 0.25) is 5.91 Å². The van der Waals surface area contributed by atoms with Crippen LogP contribution >= 0.6 is 11.6 Å². The average molecular weight is 318 g/mol. The van der Waals surface area contributed by atoms with E-state index in [-0.39, 0.29) is 10.9 Å². The van der Waals surface area contributed by atoms with Gasteiger partial charge in [0.05, 0.1) is 5.02 Å². The maximum atomic E-state index is 13.1. The first-order valence-electron chi connectivity index (χ1n) is 7.42. The van der Waals surface area contributed by atoms with Crippen molar-refractivity contribution in [2.45, 2.75) is 31.7 Å². The summed E-state index contributed by atoms with van der Waals surface area (Å²) >= 11 is 5.74. The quantitative estimate of drug-likeness (QED) is 0.899. The summed E-state index contributed by atoms with van der Waals surface area (Å²) in [6.45, 7) is 0.368. The van der Waals surface area contributed by atoms with Crippen LogP contribution in [0.15, 0.2) is 42.5 Å². The Kier molecular flexibility index (Phi) is 4.44. The van der Waals surface area contributed by atoms with Gasteiger partial charge in [0.1, 0.15) is 5.82 Å². The van der Waals surface area contributed by atoms with E-state index >= 15 is 0 Å². The van der Waals surface area contributed by atoms with Gasteiger partial charge in [-0.1, -0.05) is 41.9 Å². The van der Waals surface area contributed by atoms with Crippen molar-refractivity contribution in [1.82, 2.24) is 5.32 Å². The zero-order chi connectivity index (χ0) is 15.5. The summed E-state index contributed by atoms with van der Waals surface area (Å²) < 4.78 is 13.1. The van der Waals surface area contributed by atoms with E-state index in [1.807, 2.05) is 12.1 Å². The van der Waals surface area contributed by atoms with Gasteiger partial charge < -0.3 is 5.32 Å². The fraction of sp³-hybridized carbons (Fsp3) is 0.278. The molecule has 1 unspecified atom stereocenters. The second kappa shape index (κ2) is 6.49. The van der Waals surface area contributed by atoms with Crippen molar-refractivity contribution >= 4 is 17.5 Å². The van der Waals surface area contributed by atoms with Gasteiger partial charge >= 0.3 is 0 Å². The van der Waals surface area contributed by atoms with Crippen molar-refractivity contribution < 1.29 is 9.18 Å². The highest BCUT2D eigenvalue weighted by molar-refractivity contribution is 6.30. The first-order valence-corrected chi connectivity index (χ1v) is 7.79. The molecular weight excluding hydrogens is 301 g/mol. The van der Waals surface area contributed by atoms with Crippen molar-refractivity contribution in [2.24, 2.45) is 0 Å². The minimum Gasteiger partial charge on any atom is -0.352 e. The lowest BCUT2D eigenvalue weighted by Gasteiger charge is -2.12. The molecule has 2 aromatic carbocycles. The predicted octanol–water partition coefficient (Wildman–Crippen LogP) is 4.22. The maximum absolute atomic E-state index is 13.1. The predicted molar refractivity (Wildman–Crippen MR) is 85.4 cm³/mol. The summed E-state index contributed by atoms with van der Waals surface area (Å²) in [6.07, 6.45) is 2.56. The molecule has 4 heteroatoms. The fourth-order valence-corrected chi connectivity index (χ4v) is 3.21. The minimum absolute atomic E-state index is 0.0159. The molecule has 2 nitrogen and oxygen atoms in total. The van der Waals surface area contributed by atoms with E-state index in [0.29, 0.717) is 18.9 Å². The van der Waals surface area contributed by atoms with E-state index in [9.17, 15) is 9.18 Å². The second-order valence-corrected chi connectivity index (χ2v) is 6.07. The molecule has 3 rings (SSSR count). The number of nitrogens with one attached hydrogen (secondary N) is 1. The summed E-state index contributed by atoms with van der Waals surface area (Å²) in [7, 11) is 0. The highest BCUT2D eigenvalue weighted by Gasteiger charge is 2.23. The van der Waals surface area contributed by atoms with Gasteiger partial charge in [0.15, 0.2) is 0 Å². The number of rotatable bonds is 4. The first-order chi connectivity index (χ1) is 10.6. The maximum Gasteiger partial charge on any atom is 0.220 e. The molecule has 0 heterocycles. The molecule has 114 valence electrons. The first kappa shape index (κ1) is 15.0. The standard InChI is InChI=1S/C18H17ClFNO/c19-16-9-12(5-8-17(16)20)11-21-18(22)10-14-7-6-13-3-1-2-4-15(13)14/h1-5,8-9,14H,6-7,10-11H2,(H,21,22). The molecular formula is C18H17ClFNO. The molecule has 0 spiro atoms. The zero-order valence-corrected chi connectivity index (χ0v) is 12.9. The average Bonchev–Trinajstić information content (AvgIpc) is 2.92. The number of hydrogen-bond donors (Lipinski definition) is 1. The van der Waals surface area contributed by atoms with Crippen molar-refractivity contribution in [1.29, 1.82) is 0 Å². The molecule has 2 aromatic rings. The monoisotopic (exact) mass is 317 g/mol. The third-order valence-corrected chi connectivity index (χ3v) is 4.45. The minimum atomic E-state index is -0.445. The highest BCUT2D eigenvalue weighted by atomic mass is 35.5. The Bertz CT molecular complexity index is 701. The molecule has 1 aliphatic carbocycles. The molecule has 0 saturated carbocycles. The van der Waals surface area contributed by atoms with E-state index in [1.165, 1.54) is 17.2 Å². The number of halogens is 2. The lowest BCUT2D eigenvalue weighted by Crippen LogP contribution is -2.24. The van der Waals surface area contributed by atoms with E-state index in [2.05, 4.69) is 17.4 Å². The van der Waals surface area contributed by atoms with E-state index in [4.69, 9.17) is 11.6 Å². The zero-order valence-electron chi connectivity index (χ0n) is 12.1. The van der Waals surface area contributed by atoms with E-state index in [1.54, 1.807) is 12.1 Å². The normalized spacial score (nSPS) is 16.4. The van der Waals surface area contributed by atoms with Crippen molar-refractivity contribution in [3.63, 3.8) is 0 Å². The fourth-order valence-electron chi connectivity index (χ4n) is 3.00. The van der Waals surface area contributed by atoms with Crippen LogP contribution in [0.4, 0.5) is 4.39 Å². The van der Waals surface area contributed by atoms with Gasteiger partial charge in [-0.05, 0) is 47.6 Å². The van der Waals surface area contributed by atoms with Crippen LogP contribution in [-0.4, -0.2) is 5.91 Å². The molecule has 22 heavy (non-hydrogen) atoms. The van der Waals surface area contributed by atoms with Gasteiger partial charge in [0, 0.05) is 13.0 Å². The van der Waals surface area contributed by atoms with Crippen LogP contribution in [0.5, 0.6) is 0 Å². The van der Waals surface area contributed by atoms with Gasteiger partial charge in [-0.25, -0.2) is 4.39 Å². The SMILES string of the molecule is O=C(CC1CCc2ccccc21)NCc1ccc(F)c(Cl)c1. The Labute approximate surface area is 134 Å². The van der Waals surface area contributed by atoms with Crippen LogP contribution in [0, 0.1) is 5.82 Å². The van der Waals surface area contributed by atoms with Crippen LogP contribution in [-0.2, 0) is 17.8 Å². The largest absolute Gasteiger partial charge is 0.352 e. The van der Waals surface area contributed by atoms with Gasteiger partial charge in [-0.3, -0.25) is 4.79 Å². The summed E-state index contributed by atoms with van der Waals surface area (Å²) in [4.78, 5) is 12.1. The third-order valence-electron chi connectivity index (χ3n) is 4.16. The Morgan fingerprint density at radius 3 is 2.91 bits per heavy atom. The van der Waals surface area contributed by atoms with Gasteiger partial charge in [0.25, 0.3) is 0 Å². The van der Waals surface area contributed by atoms with Gasteiger partial charge in [-0.2, -0.15) is 0 Å². The number of fused-ring (bicyclic) bond motifs is 1. The summed E-state index contributed by atoms with van der Waals surface area (Å²) in [5.41, 5.74) is 3.44. The number of carbonyl (C=O) groups is 1. The Morgan fingerprint density at radius 1 is 1.27 bits per heavy atom. The molecule has 1 aliphatic rings. The topological polar surface area (TPSA) is 29.1 Å². The van der Waals surface area contributed by atoms with Gasteiger partial charge in [-0.15, -0.1) is 0 Å². The van der Waals surface area contributed by atoms with E-state index < -0.39 is 5.82 Å². The number of aryl methyl sites for hydroxylation is 1. The molecule has 1 N–H and O–H groups in total. The lowest BCUT2D eigenvalue weighted by atomic mass is 9.97. The van der Waals surface area contributed by atoms with Crippen molar-refractivity contribution in [3.8, 4) is 0 Å². The van der Waals surface area contributed by atoms with Crippen molar-refractivity contribution in [2.75, 3.05) is 0 Å². The summed E-state index contributed by atoms with van der Waals surface area (Å²) in [5.74, 6) is -0.130. The van der Waals surface area contributed by atoms with E-state index in [0.717, 1.165) is 18.4 Å². The molecule has 0 radical (unpaired) electrons. The van der Waals surface area contributed by atoms with Crippen LogP contribution < -0.4 is 5.32 Å². The molecule has 0 saturated heterocycles. The Balaban J connectivity index is 1.56. The second-order valence-electron chi connectivity index (χ2n) is 5.66. The Hall–Kier alpha value is -1.87. The molecule has 1 atom stereocenters. The van der Waals surface area contributed by atoms with Crippen LogP contribution in [0.1, 0.15) is 35.4 Å². The molecule has 0 bridgehead atoms. The van der Waals surface area contributed by atoms with Crippen LogP contribution in [0.2, 0.25) is 5.02 Å². The summed E-state index contributed by atoms with van der Waals surface area (Å²) in [5, 5.41) is 2.96. The lowest BCUT2D eigenvalue weighted by molar-refractivity contribution is -0.121. The van der Waals surface area contributed by atoms with Crippen LogP contribution in [0.25, 0.3) is 0 Å². The van der Waals surface area contributed by atoms with Crippen LogP contribution in [0.3, 0.4) is 0 Å². The molecule has 0 aliphatic heterocycles. The summed E-state index contributed by atoms with van der Waals surface area (Å²) in [6, 6.07) is 12.8. The van der Waals surface area contributed by atoms with Crippen molar-refractivity contribution in [3.05, 3.63) is 70.0 Å². The number of benzene rings is 2. The number of hydrogen-bond acceptors (Lipinski definition) is 1. The third kappa shape index (κ3) is 3.30. The highest BCUT2D eigenvalue weighted by Crippen LogP contribution is 2.35. The number of amides is 1.